The lowest BCUT2D eigenvalue weighted by Crippen LogP contribution is -2.34. The van der Waals surface area contributed by atoms with Crippen LogP contribution in [0.25, 0.3) is 11.0 Å². The molecule has 1 atom stereocenters. The van der Waals surface area contributed by atoms with Crippen LogP contribution in [0.4, 0.5) is 0 Å². The number of hydrogen-bond acceptors (Lipinski definition) is 3. The minimum atomic E-state index is -0.251. The van der Waals surface area contributed by atoms with E-state index in [4.69, 9.17) is 4.98 Å². The molecule has 3 aromatic rings. The van der Waals surface area contributed by atoms with Crippen LogP contribution in [0.15, 0.2) is 30.5 Å². The maximum atomic E-state index is 13.3. The van der Waals surface area contributed by atoms with Gasteiger partial charge in [0.25, 0.3) is 0 Å². The SMILES string of the molecule is CCc1nc2ccccc2n1[C@@H](CC)C(=O)N(C)Cc1cnn(C)c1C. The van der Waals surface area contributed by atoms with Crippen molar-refractivity contribution in [2.24, 2.45) is 7.05 Å². The van der Waals surface area contributed by atoms with Gasteiger partial charge in [-0.1, -0.05) is 26.0 Å². The number of hydrogen-bond donors (Lipinski definition) is 0. The van der Waals surface area contributed by atoms with Crippen molar-refractivity contribution < 1.29 is 4.79 Å². The van der Waals surface area contributed by atoms with Crippen LogP contribution in [0.2, 0.25) is 0 Å². The van der Waals surface area contributed by atoms with Crippen molar-refractivity contribution in [3.8, 4) is 0 Å². The lowest BCUT2D eigenvalue weighted by molar-refractivity contribution is -0.134. The van der Waals surface area contributed by atoms with E-state index in [2.05, 4.69) is 23.5 Å². The summed E-state index contributed by atoms with van der Waals surface area (Å²) in [4.78, 5) is 19.8. The van der Waals surface area contributed by atoms with Crippen molar-refractivity contribution in [1.82, 2.24) is 24.2 Å². The first-order valence-electron chi connectivity index (χ1n) is 9.16. The number of aryl methyl sites for hydroxylation is 2. The molecule has 0 saturated carbocycles. The van der Waals surface area contributed by atoms with E-state index in [0.717, 1.165) is 41.0 Å². The molecule has 6 nitrogen and oxygen atoms in total. The molecule has 0 N–H and O–H groups in total. The van der Waals surface area contributed by atoms with E-state index in [1.54, 1.807) is 4.90 Å². The fraction of sp³-hybridized carbons (Fsp3) is 0.450. The Morgan fingerprint density at radius 1 is 1.27 bits per heavy atom. The molecule has 0 aliphatic heterocycles. The van der Waals surface area contributed by atoms with Crippen LogP contribution in [0, 0.1) is 6.92 Å². The molecule has 6 heteroatoms. The Morgan fingerprint density at radius 2 is 2.00 bits per heavy atom. The first-order chi connectivity index (χ1) is 12.5. The van der Waals surface area contributed by atoms with Crippen molar-refractivity contribution in [3.63, 3.8) is 0 Å². The third-order valence-electron chi connectivity index (χ3n) is 5.09. The smallest absolute Gasteiger partial charge is 0.245 e. The maximum absolute atomic E-state index is 13.3. The monoisotopic (exact) mass is 353 g/mol. The van der Waals surface area contributed by atoms with E-state index in [-0.39, 0.29) is 11.9 Å². The minimum absolute atomic E-state index is 0.105. The molecular weight excluding hydrogens is 326 g/mol. The average Bonchev–Trinajstić information content (AvgIpc) is 3.17. The first kappa shape index (κ1) is 18.2. The van der Waals surface area contributed by atoms with E-state index in [0.29, 0.717) is 6.54 Å². The number of para-hydroxylation sites is 2. The summed E-state index contributed by atoms with van der Waals surface area (Å²) in [6, 6.07) is 7.78. The number of nitrogens with zero attached hydrogens (tertiary/aromatic N) is 5. The van der Waals surface area contributed by atoms with Gasteiger partial charge in [0.05, 0.1) is 17.2 Å². The summed E-state index contributed by atoms with van der Waals surface area (Å²) >= 11 is 0. The van der Waals surface area contributed by atoms with Crippen molar-refractivity contribution in [1.29, 1.82) is 0 Å². The first-order valence-corrected chi connectivity index (χ1v) is 9.16. The molecule has 1 aromatic carbocycles. The Labute approximate surface area is 154 Å². The van der Waals surface area contributed by atoms with Gasteiger partial charge in [0.2, 0.25) is 5.91 Å². The maximum Gasteiger partial charge on any atom is 0.245 e. The van der Waals surface area contributed by atoms with Gasteiger partial charge in [-0.25, -0.2) is 4.98 Å². The highest BCUT2D eigenvalue weighted by Crippen LogP contribution is 2.25. The Kier molecular flexibility index (Phi) is 5.11. The molecule has 0 aliphatic rings. The lowest BCUT2D eigenvalue weighted by Gasteiger charge is -2.25. The molecule has 2 aromatic heterocycles. The van der Waals surface area contributed by atoms with Crippen LogP contribution in [0.5, 0.6) is 0 Å². The fourth-order valence-electron chi connectivity index (χ4n) is 3.45. The second-order valence-corrected chi connectivity index (χ2v) is 6.74. The zero-order valence-corrected chi connectivity index (χ0v) is 16.2. The van der Waals surface area contributed by atoms with Crippen LogP contribution in [0.1, 0.15) is 43.4 Å². The van der Waals surface area contributed by atoms with Gasteiger partial charge >= 0.3 is 0 Å². The topological polar surface area (TPSA) is 56.0 Å². The molecule has 2 heterocycles. The summed E-state index contributed by atoms with van der Waals surface area (Å²) in [5.74, 6) is 1.06. The number of carbonyl (C=O) groups excluding carboxylic acids is 1. The van der Waals surface area contributed by atoms with Crippen molar-refractivity contribution in [2.45, 2.75) is 46.2 Å². The highest BCUT2D eigenvalue weighted by Gasteiger charge is 2.26. The summed E-state index contributed by atoms with van der Waals surface area (Å²) in [7, 11) is 3.78. The van der Waals surface area contributed by atoms with Gasteiger partial charge in [0.15, 0.2) is 0 Å². The summed E-state index contributed by atoms with van der Waals surface area (Å²) in [5, 5.41) is 4.28. The van der Waals surface area contributed by atoms with Gasteiger partial charge in [0, 0.05) is 38.3 Å². The fourth-order valence-corrected chi connectivity index (χ4v) is 3.45. The molecule has 0 bridgehead atoms. The lowest BCUT2D eigenvalue weighted by atomic mass is 10.1. The second-order valence-electron chi connectivity index (χ2n) is 6.74. The average molecular weight is 353 g/mol. The number of aromatic nitrogens is 4. The molecule has 0 saturated heterocycles. The van der Waals surface area contributed by atoms with E-state index in [1.165, 1.54) is 0 Å². The quantitative estimate of drug-likeness (QED) is 0.683. The number of amides is 1. The number of likely N-dealkylation sites (N-methyl/N-ethyl adjacent to an activating group) is 1. The Balaban J connectivity index is 1.93. The van der Waals surface area contributed by atoms with Crippen LogP contribution in [0.3, 0.4) is 0 Å². The minimum Gasteiger partial charge on any atom is -0.340 e. The Bertz CT molecular complexity index is 924. The molecule has 0 radical (unpaired) electrons. The summed E-state index contributed by atoms with van der Waals surface area (Å²) < 4.78 is 3.95. The number of rotatable bonds is 6. The van der Waals surface area contributed by atoms with Crippen molar-refractivity contribution in [3.05, 3.63) is 47.5 Å². The number of carbonyl (C=O) groups is 1. The third-order valence-corrected chi connectivity index (χ3v) is 5.09. The van der Waals surface area contributed by atoms with Crippen LogP contribution in [-0.4, -0.2) is 37.2 Å². The Hall–Kier alpha value is -2.63. The molecule has 0 aliphatic carbocycles. The second kappa shape index (κ2) is 7.32. The van der Waals surface area contributed by atoms with E-state index in [9.17, 15) is 4.79 Å². The Morgan fingerprint density at radius 3 is 2.62 bits per heavy atom. The standard InChI is InChI=1S/C20H27N5O/c1-6-17(20(26)23(4)13-15-12-21-24(5)14(15)3)25-18-11-9-8-10-16(18)22-19(25)7-2/h8-12,17H,6-7,13H2,1-5H3/t17-/m0/s1. The molecular formula is C20H27N5O. The number of benzene rings is 1. The molecule has 0 unspecified atom stereocenters. The molecule has 0 fully saturated rings. The van der Waals surface area contributed by atoms with Crippen LogP contribution in [-0.2, 0) is 24.8 Å². The zero-order valence-electron chi connectivity index (χ0n) is 16.2. The normalized spacial score (nSPS) is 12.5. The van der Waals surface area contributed by atoms with Crippen molar-refractivity contribution >= 4 is 16.9 Å². The highest BCUT2D eigenvalue weighted by molar-refractivity contribution is 5.84. The predicted molar refractivity (Wildman–Crippen MR) is 103 cm³/mol. The molecule has 0 spiro atoms. The zero-order chi connectivity index (χ0) is 18.8. The van der Waals surface area contributed by atoms with Crippen LogP contribution < -0.4 is 0 Å². The summed E-state index contributed by atoms with van der Waals surface area (Å²) in [6.45, 7) is 6.72. The predicted octanol–water partition coefficient (Wildman–Crippen LogP) is 3.25. The van der Waals surface area contributed by atoms with Gasteiger partial charge in [-0.2, -0.15) is 5.10 Å². The summed E-state index contributed by atoms with van der Waals surface area (Å²) in [6.07, 6.45) is 3.36. The number of fused-ring (bicyclic) bond motifs is 1. The molecule has 138 valence electrons. The third kappa shape index (κ3) is 3.11. The van der Waals surface area contributed by atoms with Gasteiger partial charge in [-0.15, -0.1) is 0 Å². The summed E-state index contributed by atoms with van der Waals surface area (Å²) in [5.41, 5.74) is 4.13. The highest BCUT2D eigenvalue weighted by atomic mass is 16.2. The number of imidazole rings is 1. The molecule has 1 amide bonds. The van der Waals surface area contributed by atoms with E-state index >= 15 is 0 Å². The van der Waals surface area contributed by atoms with Gasteiger partial charge in [-0.05, 0) is 25.5 Å². The van der Waals surface area contributed by atoms with Gasteiger partial charge in [0.1, 0.15) is 11.9 Å². The largest absolute Gasteiger partial charge is 0.340 e. The van der Waals surface area contributed by atoms with E-state index < -0.39 is 0 Å². The van der Waals surface area contributed by atoms with Crippen molar-refractivity contribution in [2.75, 3.05) is 7.05 Å². The van der Waals surface area contributed by atoms with Gasteiger partial charge < -0.3 is 9.47 Å². The molecule has 3 rings (SSSR count). The van der Waals surface area contributed by atoms with Gasteiger partial charge in [-0.3, -0.25) is 9.48 Å². The molecule has 26 heavy (non-hydrogen) atoms. The van der Waals surface area contributed by atoms with Crippen LogP contribution >= 0.6 is 0 Å². The van der Waals surface area contributed by atoms with E-state index in [1.807, 2.05) is 56.2 Å².